The Bertz CT molecular complexity index is 770. The summed E-state index contributed by atoms with van der Waals surface area (Å²) >= 11 is 0. The van der Waals surface area contributed by atoms with Crippen molar-refractivity contribution in [3.63, 3.8) is 0 Å². The van der Waals surface area contributed by atoms with E-state index in [0.29, 0.717) is 11.4 Å². The highest BCUT2D eigenvalue weighted by Crippen LogP contribution is 2.36. The second-order valence-electron chi connectivity index (χ2n) is 5.82. The number of rotatable bonds is 3. The molecule has 1 atom stereocenters. The molecular formula is C17H20N2O2S. The third kappa shape index (κ3) is 2.78. The summed E-state index contributed by atoms with van der Waals surface area (Å²) in [6.07, 6.45) is 3.49. The van der Waals surface area contributed by atoms with E-state index >= 15 is 0 Å². The Labute approximate surface area is 131 Å². The Morgan fingerprint density at radius 1 is 1.14 bits per heavy atom. The zero-order valence-electron chi connectivity index (χ0n) is 12.9. The summed E-state index contributed by atoms with van der Waals surface area (Å²) < 4.78 is 27.5. The molecule has 1 fully saturated rings. The largest absolute Gasteiger partial charge is 0.262 e. The van der Waals surface area contributed by atoms with Crippen LogP contribution < -0.4 is 0 Å². The van der Waals surface area contributed by atoms with Gasteiger partial charge < -0.3 is 0 Å². The number of pyridine rings is 1. The zero-order valence-corrected chi connectivity index (χ0v) is 13.7. The molecule has 1 aliphatic heterocycles. The lowest BCUT2D eigenvalue weighted by molar-refractivity contribution is 0.396. The molecule has 1 aliphatic rings. The summed E-state index contributed by atoms with van der Waals surface area (Å²) in [6, 6.07) is 10.9. The van der Waals surface area contributed by atoms with Crippen LogP contribution in [0, 0.1) is 13.8 Å². The maximum Gasteiger partial charge on any atom is 0.243 e. The topological polar surface area (TPSA) is 50.3 Å². The van der Waals surface area contributed by atoms with Crippen molar-refractivity contribution in [3.8, 4) is 0 Å². The molecule has 0 amide bonds. The minimum Gasteiger partial charge on any atom is -0.262 e. The van der Waals surface area contributed by atoms with E-state index in [2.05, 4.69) is 4.98 Å². The highest BCUT2D eigenvalue weighted by atomic mass is 32.2. The number of nitrogens with zero attached hydrogens (tertiary/aromatic N) is 2. The van der Waals surface area contributed by atoms with E-state index in [0.717, 1.165) is 29.7 Å². The molecule has 0 saturated carbocycles. The molecule has 1 aromatic heterocycles. The highest BCUT2D eigenvalue weighted by Gasteiger charge is 2.36. The van der Waals surface area contributed by atoms with Crippen LogP contribution in [0.1, 0.15) is 35.7 Å². The fourth-order valence-corrected chi connectivity index (χ4v) is 4.66. The van der Waals surface area contributed by atoms with Crippen LogP contribution in [0.2, 0.25) is 0 Å². The van der Waals surface area contributed by atoms with E-state index in [1.807, 2.05) is 38.1 Å². The molecular weight excluding hydrogens is 296 g/mol. The number of aryl methyl sites for hydroxylation is 2. The maximum absolute atomic E-state index is 12.9. The summed E-state index contributed by atoms with van der Waals surface area (Å²) in [4.78, 5) is 4.57. The van der Waals surface area contributed by atoms with Crippen molar-refractivity contribution in [2.24, 2.45) is 0 Å². The summed E-state index contributed by atoms with van der Waals surface area (Å²) in [5.74, 6) is 0. The molecule has 0 aliphatic carbocycles. The SMILES string of the molecule is Cc1ccc(S(=O)(=O)N2CCC[C@@H]2c2ccnc(C)c2)cc1. The van der Waals surface area contributed by atoms with Crippen LogP contribution in [-0.4, -0.2) is 24.3 Å². The molecule has 0 unspecified atom stereocenters. The van der Waals surface area contributed by atoms with Crippen molar-refractivity contribution < 1.29 is 8.42 Å². The van der Waals surface area contributed by atoms with Crippen molar-refractivity contribution >= 4 is 10.0 Å². The van der Waals surface area contributed by atoms with Gasteiger partial charge in [-0.25, -0.2) is 8.42 Å². The number of aromatic nitrogens is 1. The first-order valence-electron chi connectivity index (χ1n) is 7.49. The van der Waals surface area contributed by atoms with Crippen molar-refractivity contribution in [3.05, 3.63) is 59.4 Å². The van der Waals surface area contributed by atoms with Gasteiger partial charge in [0.05, 0.1) is 10.9 Å². The van der Waals surface area contributed by atoms with Crippen LogP contribution in [-0.2, 0) is 10.0 Å². The van der Waals surface area contributed by atoms with Crippen LogP contribution in [0.5, 0.6) is 0 Å². The van der Waals surface area contributed by atoms with Crippen LogP contribution in [0.25, 0.3) is 0 Å². The molecule has 22 heavy (non-hydrogen) atoms. The van der Waals surface area contributed by atoms with Crippen molar-refractivity contribution in [2.45, 2.75) is 37.6 Å². The zero-order chi connectivity index (χ0) is 15.7. The van der Waals surface area contributed by atoms with Gasteiger partial charge in [-0.1, -0.05) is 17.7 Å². The van der Waals surface area contributed by atoms with Gasteiger partial charge in [0, 0.05) is 18.4 Å². The van der Waals surface area contributed by atoms with Gasteiger partial charge >= 0.3 is 0 Å². The van der Waals surface area contributed by atoms with Crippen LogP contribution in [0.3, 0.4) is 0 Å². The summed E-state index contributed by atoms with van der Waals surface area (Å²) in [7, 11) is -3.45. The van der Waals surface area contributed by atoms with Crippen LogP contribution in [0.4, 0.5) is 0 Å². The quantitative estimate of drug-likeness (QED) is 0.873. The lowest BCUT2D eigenvalue weighted by Crippen LogP contribution is -2.30. The summed E-state index contributed by atoms with van der Waals surface area (Å²) in [5, 5.41) is 0. The summed E-state index contributed by atoms with van der Waals surface area (Å²) in [5.41, 5.74) is 3.00. The summed E-state index contributed by atoms with van der Waals surface area (Å²) in [6.45, 7) is 4.45. The van der Waals surface area contributed by atoms with E-state index in [9.17, 15) is 8.42 Å². The molecule has 0 N–H and O–H groups in total. The number of benzene rings is 1. The fourth-order valence-electron chi connectivity index (χ4n) is 2.98. The second-order valence-corrected chi connectivity index (χ2v) is 7.71. The number of sulfonamides is 1. The fraction of sp³-hybridized carbons (Fsp3) is 0.353. The van der Waals surface area contributed by atoms with Crippen molar-refractivity contribution in [1.82, 2.24) is 9.29 Å². The predicted molar refractivity (Wildman–Crippen MR) is 86.0 cm³/mol. The van der Waals surface area contributed by atoms with Gasteiger partial charge in [-0.15, -0.1) is 0 Å². The van der Waals surface area contributed by atoms with E-state index in [4.69, 9.17) is 0 Å². The van der Waals surface area contributed by atoms with Crippen molar-refractivity contribution in [1.29, 1.82) is 0 Å². The highest BCUT2D eigenvalue weighted by molar-refractivity contribution is 7.89. The first-order valence-corrected chi connectivity index (χ1v) is 8.93. The molecule has 3 rings (SSSR count). The average Bonchev–Trinajstić information content (AvgIpc) is 2.98. The first kappa shape index (κ1) is 15.2. The average molecular weight is 316 g/mol. The third-order valence-electron chi connectivity index (χ3n) is 4.14. The van der Waals surface area contributed by atoms with E-state index in [1.165, 1.54) is 0 Å². The van der Waals surface area contributed by atoms with Gasteiger partial charge in [-0.05, 0) is 56.5 Å². The standard InChI is InChI=1S/C17H20N2O2S/c1-13-5-7-16(8-6-13)22(20,21)19-11-3-4-17(19)15-9-10-18-14(2)12-15/h5-10,12,17H,3-4,11H2,1-2H3/t17-/m1/s1. The monoisotopic (exact) mass is 316 g/mol. The number of hydrogen-bond acceptors (Lipinski definition) is 3. The van der Waals surface area contributed by atoms with E-state index in [-0.39, 0.29) is 6.04 Å². The Kier molecular flexibility index (Phi) is 4.02. The Balaban J connectivity index is 1.97. The minimum atomic E-state index is -3.45. The molecule has 2 aromatic rings. The molecule has 1 saturated heterocycles. The molecule has 2 heterocycles. The van der Waals surface area contributed by atoms with E-state index < -0.39 is 10.0 Å². The van der Waals surface area contributed by atoms with Gasteiger partial charge in [0.1, 0.15) is 0 Å². The lowest BCUT2D eigenvalue weighted by Gasteiger charge is -2.24. The lowest BCUT2D eigenvalue weighted by atomic mass is 10.1. The third-order valence-corrected chi connectivity index (χ3v) is 6.06. The molecule has 4 nitrogen and oxygen atoms in total. The van der Waals surface area contributed by atoms with Gasteiger partial charge in [0.25, 0.3) is 0 Å². The Hall–Kier alpha value is -1.72. The second kappa shape index (κ2) is 5.82. The molecule has 5 heteroatoms. The molecule has 0 bridgehead atoms. The number of hydrogen-bond donors (Lipinski definition) is 0. The van der Waals surface area contributed by atoms with Gasteiger partial charge in [0.2, 0.25) is 10.0 Å². The van der Waals surface area contributed by atoms with Gasteiger partial charge in [-0.2, -0.15) is 4.31 Å². The Morgan fingerprint density at radius 2 is 1.86 bits per heavy atom. The normalized spacial score (nSPS) is 19.5. The van der Waals surface area contributed by atoms with E-state index in [1.54, 1.807) is 22.6 Å². The molecule has 116 valence electrons. The minimum absolute atomic E-state index is 0.0898. The van der Waals surface area contributed by atoms with Gasteiger partial charge in [0.15, 0.2) is 0 Å². The van der Waals surface area contributed by atoms with Gasteiger partial charge in [-0.3, -0.25) is 4.98 Å². The van der Waals surface area contributed by atoms with Crippen LogP contribution in [0.15, 0.2) is 47.5 Å². The molecule has 1 aromatic carbocycles. The maximum atomic E-state index is 12.9. The molecule has 0 spiro atoms. The predicted octanol–water partition coefficient (Wildman–Crippen LogP) is 3.22. The van der Waals surface area contributed by atoms with Crippen molar-refractivity contribution in [2.75, 3.05) is 6.54 Å². The smallest absolute Gasteiger partial charge is 0.243 e. The molecule has 0 radical (unpaired) electrons. The van der Waals surface area contributed by atoms with Crippen LogP contribution >= 0.6 is 0 Å². The Morgan fingerprint density at radius 3 is 2.55 bits per heavy atom. The first-order chi connectivity index (χ1) is 10.5.